The highest BCUT2D eigenvalue weighted by molar-refractivity contribution is 14.1. The first-order valence-electron chi connectivity index (χ1n) is 5.02. The van der Waals surface area contributed by atoms with E-state index in [-0.39, 0.29) is 24.9 Å². The number of benzene rings is 1. The monoisotopic (exact) mass is 364 g/mol. The van der Waals surface area contributed by atoms with E-state index >= 15 is 0 Å². The number of halogens is 2. The molecule has 1 heterocycles. The largest absolute Gasteiger partial charge is 0.448 e. The first-order valence-corrected chi connectivity index (χ1v) is 6.10. The number of amides is 1. The number of hydrogen-bond acceptors (Lipinski definition) is 4. The Morgan fingerprint density at radius 1 is 1.56 bits per heavy atom. The van der Waals surface area contributed by atoms with E-state index in [9.17, 15) is 9.18 Å². The molecule has 0 radical (unpaired) electrons. The molecule has 2 aromatic rings. The van der Waals surface area contributed by atoms with E-state index in [0.29, 0.717) is 14.6 Å². The lowest BCUT2D eigenvalue weighted by Crippen LogP contribution is -2.17. The summed E-state index contributed by atoms with van der Waals surface area (Å²) in [6.07, 6.45) is -0.862. The van der Waals surface area contributed by atoms with Gasteiger partial charge >= 0.3 is 6.09 Å². The number of imidazole rings is 1. The van der Waals surface area contributed by atoms with Crippen LogP contribution in [0.15, 0.2) is 12.1 Å². The van der Waals surface area contributed by atoms with E-state index in [1.54, 1.807) is 10.6 Å². The molecule has 0 aliphatic heterocycles. The summed E-state index contributed by atoms with van der Waals surface area (Å²) in [4.78, 5) is 14.6. The quantitative estimate of drug-likeness (QED) is 0.806. The summed E-state index contributed by atoms with van der Waals surface area (Å²) in [6.45, 7) is 0.323. The molecule has 18 heavy (non-hydrogen) atoms. The molecular formula is C10H10FIN4O2. The number of carbonyl (C=O) groups is 1. The number of nitrogens with zero attached hydrogens (tertiary/aromatic N) is 2. The number of carbonyl (C=O) groups excluding carboxylic acids is 1. The SMILES string of the molecule is NC(=O)OCCn1c(N)nc2cc(I)c(F)cc21. The molecule has 0 saturated carbocycles. The zero-order valence-corrected chi connectivity index (χ0v) is 11.3. The molecule has 8 heteroatoms. The van der Waals surface area contributed by atoms with Crippen LogP contribution in [0.2, 0.25) is 0 Å². The lowest BCUT2D eigenvalue weighted by Gasteiger charge is -2.06. The van der Waals surface area contributed by atoms with E-state index in [4.69, 9.17) is 11.5 Å². The van der Waals surface area contributed by atoms with Crippen molar-refractivity contribution in [3.8, 4) is 0 Å². The number of fused-ring (bicyclic) bond motifs is 1. The molecule has 0 aliphatic rings. The maximum absolute atomic E-state index is 13.5. The Morgan fingerprint density at radius 3 is 2.94 bits per heavy atom. The van der Waals surface area contributed by atoms with Crippen molar-refractivity contribution in [2.75, 3.05) is 12.3 Å². The van der Waals surface area contributed by atoms with Crippen molar-refractivity contribution in [3.05, 3.63) is 21.5 Å². The van der Waals surface area contributed by atoms with Gasteiger partial charge in [-0.3, -0.25) is 0 Å². The minimum atomic E-state index is -0.862. The van der Waals surface area contributed by atoms with Crippen LogP contribution in [0.4, 0.5) is 15.1 Å². The number of primary amides is 1. The summed E-state index contributed by atoms with van der Waals surface area (Å²) in [6, 6.07) is 2.96. The third kappa shape index (κ3) is 2.47. The minimum Gasteiger partial charge on any atom is -0.448 e. The van der Waals surface area contributed by atoms with Gasteiger partial charge < -0.3 is 20.8 Å². The van der Waals surface area contributed by atoms with E-state index in [2.05, 4.69) is 9.72 Å². The van der Waals surface area contributed by atoms with Gasteiger partial charge in [-0.1, -0.05) is 0 Å². The smallest absolute Gasteiger partial charge is 0.404 e. The van der Waals surface area contributed by atoms with Gasteiger partial charge in [-0.2, -0.15) is 0 Å². The maximum Gasteiger partial charge on any atom is 0.404 e. The van der Waals surface area contributed by atoms with Crippen molar-refractivity contribution in [3.63, 3.8) is 0 Å². The second-order valence-corrected chi connectivity index (χ2v) is 4.71. The molecule has 0 atom stereocenters. The van der Waals surface area contributed by atoms with Gasteiger partial charge in [0, 0.05) is 6.07 Å². The zero-order valence-electron chi connectivity index (χ0n) is 9.19. The topological polar surface area (TPSA) is 96.2 Å². The van der Waals surface area contributed by atoms with Gasteiger partial charge in [0.15, 0.2) is 0 Å². The molecule has 96 valence electrons. The van der Waals surface area contributed by atoms with Crippen LogP contribution in [-0.2, 0) is 11.3 Å². The van der Waals surface area contributed by atoms with Crippen LogP contribution in [0.25, 0.3) is 11.0 Å². The molecule has 0 bridgehead atoms. The van der Waals surface area contributed by atoms with Crippen molar-refractivity contribution < 1.29 is 13.9 Å². The van der Waals surface area contributed by atoms with Gasteiger partial charge in [0.2, 0.25) is 5.95 Å². The number of ether oxygens (including phenoxy) is 1. The molecule has 2 rings (SSSR count). The first kappa shape index (κ1) is 12.9. The van der Waals surface area contributed by atoms with Gasteiger partial charge in [0.1, 0.15) is 12.4 Å². The Hall–Kier alpha value is -1.58. The van der Waals surface area contributed by atoms with E-state index in [1.165, 1.54) is 6.07 Å². The van der Waals surface area contributed by atoms with E-state index < -0.39 is 6.09 Å². The summed E-state index contributed by atoms with van der Waals surface area (Å²) in [5.74, 6) is -0.112. The minimum absolute atomic E-state index is 0.0542. The van der Waals surface area contributed by atoms with Gasteiger partial charge in [0.05, 0.1) is 21.1 Å². The van der Waals surface area contributed by atoms with Crippen molar-refractivity contribution >= 4 is 45.7 Å². The molecule has 0 unspecified atom stereocenters. The van der Waals surface area contributed by atoms with E-state index in [0.717, 1.165) is 0 Å². The summed E-state index contributed by atoms with van der Waals surface area (Å²) in [5, 5.41) is 0. The highest BCUT2D eigenvalue weighted by Gasteiger charge is 2.11. The van der Waals surface area contributed by atoms with Crippen LogP contribution in [0.5, 0.6) is 0 Å². The zero-order chi connectivity index (χ0) is 13.3. The fraction of sp³-hybridized carbons (Fsp3) is 0.200. The Morgan fingerprint density at radius 2 is 2.28 bits per heavy atom. The van der Waals surface area contributed by atoms with Crippen LogP contribution in [0, 0.1) is 9.39 Å². The third-order valence-electron chi connectivity index (χ3n) is 2.38. The number of rotatable bonds is 3. The van der Waals surface area contributed by atoms with Crippen LogP contribution in [0.3, 0.4) is 0 Å². The Balaban J connectivity index is 2.34. The van der Waals surface area contributed by atoms with Gasteiger partial charge in [-0.05, 0) is 28.7 Å². The molecule has 0 saturated heterocycles. The van der Waals surface area contributed by atoms with Crippen molar-refractivity contribution in [2.45, 2.75) is 6.54 Å². The average molecular weight is 364 g/mol. The van der Waals surface area contributed by atoms with Crippen molar-refractivity contribution in [1.29, 1.82) is 0 Å². The number of aromatic nitrogens is 2. The van der Waals surface area contributed by atoms with Gasteiger partial charge in [-0.15, -0.1) is 0 Å². The number of hydrogen-bond donors (Lipinski definition) is 2. The highest BCUT2D eigenvalue weighted by atomic mass is 127. The summed E-state index contributed by atoms with van der Waals surface area (Å²) in [5.41, 5.74) is 11.7. The Kier molecular flexibility index (Phi) is 3.55. The first-order chi connectivity index (χ1) is 8.49. The average Bonchev–Trinajstić information content (AvgIpc) is 2.56. The van der Waals surface area contributed by atoms with Crippen molar-refractivity contribution in [1.82, 2.24) is 9.55 Å². The maximum atomic E-state index is 13.5. The number of nitrogen functional groups attached to an aromatic ring is 1. The number of nitrogens with two attached hydrogens (primary N) is 2. The van der Waals surface area contributed by atoms with Crippen LogP contribution >= 0.6 is 22.6 Å². The highest BCUT2D eigenvalue weighted by Crippen LogP contribution is 2.22. The summed E-state index contributed by atoms with van der Waals surface area (Å²) in [7, 11) is 0. The molecule has 1 aromatic heterocycles. The Bertz CT molecular complexity index is 613. The number of anilines is 1. The predicted octanol–water partition coefficient (Wildman–Crippen LogP) is 1.46. The molecule has 0 aliphatic carbocycles. The molecule has 4 N–H and O–H groups in total. The normalized spacial score (nSPS) is 10.8. The fourth-order valence-corrected chi connectivity index (χ4v) is 2.06. The van der Waals surface area contributed by atoms with Crippen LogP contribution in [0.1, 0.15) is 0 Å². The lowest BCUT2D eigenvalue weighted by atomic mass is 10.3. The third-order valence-corrected chi connectivity index (χ3v) is 3.21. The molecule has 6 nitrogen and oxygen atoms in total. The van der Waals surface area contributed by atoms with Crippen molar-refractivity contribution in [2.24, 2.45) is 5.73 Å². The molecule has 0 spiro atoms. The lowest BCUT2D eigenvalue weighted by molar-refractivity contribution is 0.153. The summed E-state index contributed by atoms with van der Waals surface area (Å²) >= 11 is 1.88. The van der Waals surface area contributed by atoms with Crippen LogP contribution < -0.4 is 11.5 Å². The van der Waals surface area contributed by atoms with Crippen LogP contribution in [-0.4, -0.2) is 22.3 Å². The predicted molar refractivity (Wildman–Crippen MR) is 72.4 cm³/mol. The molecule has 0 fully saturated rings. The summed E-state index contributed by atoms with van der Waals surface area (Å²) < 4.78 is 20.1. The van der Waals surface area contributed by atoms with Gasteiger partial charge in [-0.25, -0.2) is 14.2 Å². The fourth-order valence-electron chi connectivity index (χ4n) is 1.61. The molecule has 1 aromatic carbocycles. The molecular weight excluding hydrogens is 354 g/mol. The van der Waals surface area contributed by atoms with Gasteiger partial charge in [0.25, 0.3) is 0 Å². The van der Waals surface area contributed by atoms with E-state index in [1.807, 2.05) is 22.6 Å². The second-order valence-electron chi connectivity index (χ2n) is 3.54. The standard InChI is InChI=1S/C10H10FIN4O2/c11-5-3-8-7(4-6(5)12)15-9(13)16(8)1-2-18-10(14)17/h3-4H,1-2H2,(H2,13,15)(H2,14,17). The second kappa shape index (κ2) is 4.96. The Labute approximate surface area is 115 Å². The molecule has 1 amide bonds.